The second-order valence-electron chi connectivity index (χ2n) is 6.54. The zero-order chi connectivity index (χ0) is 19.1. The highest BCUT2D eigenvalue weighted by atomic mass is 16.1. The van der Waals surface area contributed by atoms with E-state index in [0.717, 1.165) is 57.4 Å². The number of hydrogen-bond donors (Lipinski definition) is 2. The summed E-state index contributed by atoms with van der Waals surface area (Å²) >= 11 is 0. The third kappa shape index (κ3) is 2.68. The maximum atomic E-state index is 10.9. The molecule has 0 aliphatic carbocycles. The molecule has 0 saturated heterocycles. The average Bonchev–Trinajstić information content (AvgIpc) is 3.36. The van der Waals surface area contributed by atoms with Crippen LogP contribution in [0.15, 0.2) is 60.7 Å². The fourth-order valence-electron chi connectivity index (χ4n) is 3.26. The fourth-order valence-corrected chi connectivity index (χ4v) is 3.26. The molecule has 6 heteroatoms. The van der Waals surface area contributed by atoms with Crippen molar-refractivity contribution in [3.05, 3.63) is 71.8 Å². The Morgan fingerprint density at radius 2 is 1.04 bits per heavy atom. The van der Waals surface area contributed by atoms with Crippen molar-refractivity contribution in [3.63, 3.8) is 0 Å². The van der Waals surface area contributed by atoms with Gasteiger partial charge in [0.05, 0.1) is 22.1 Å². The summed E-state index contributed by atoms with van der Waals surface area (Å²) in [6.45, 7) is 0. The molecule has 134 valence electrons. The van der Waals surface area contributed by atoms with Crippen LogP contribution >= 0.6 is 0 Å². The molecule has 2 N–H and O–H groups in total. The number of rotatable bonds is 4. The number of aldehydes is 2. The first-order valence-electron chi connectivity index (χ1n) is 8.74. The van der Waals surface area contributed by atoms with Crippen molar-refractivity contribution in [3.8, 4) is 22.8 Å². The predicted molar refractivity (Wildman–Crippen MR) is 107 cm³/mol. The van der Waals surface area contributed by atoms with Crippen LogP contribution in [0.2, 0.25) is 0 Å². The van der Waals surface area contributed by atoms with Crippen LogP contribution in [-0.2, 0) is 0 Å². The Labute approximate surface area is 159 Å². The van der Waals surface area contributed by atoms with Crippen LogP contribution < -0.4 is 0 Å². The summed E-state index contributed by atoms with van der Waals surface area (Å²) in [4.78, 5) is 37.6. The molecular weight excluding hydrogens is 352 g/mol. The number of carbonyl (C=O) groups excluding carboxylic acids is 2. The first-order valence-corrected chi connectivity index (χ1v) is 8.74. The van der Waals surface area contributed by atoms with Gasteiger partial charge in [0.25, 0.3) is 0 Å². The van der Waals surface area contributed by atoms with Crippen molar-refractivity contribution in [1.82, 2.24) is 19.9 Å². The van der Waals surface area contributed by atoms with Crippen LogP contribution in [0.25, 0.3) is 44.8 Å². The minimum atomic E-state index is 0.612. The van der Waals surface area contributed by atoms with Crippen molar-refractivity contribution in [1.29, 1.82) is 0 Å². The second-order valence-corrected chi connectivity index (χ2v) is 6.54. The zero-order valence-electron chi connectivity index (χ0n) is 14.6. The SMILES string of the molecule is O=Cc1ccc2nc(-c3ccc(-c4nc5ccc(C=O)cc5[nH]4)cc3)[nH]c2c1. The number of carbonyl (C=O) groups is 2. The van der Waals surface area contributed by atoms with Gasteiger partial charge >= 0.3 is 0 Å². The van der Waals surface area contributed by atoms with E-state index < -0.39 is 0 Å². The number of hydrogen-bond acceptors (Lipinski definition) is 4. The number of nitrogens with one attached hydrogen (secondary N) is 2. The lowest BCUT2D eigenvalue weighted by molar-refractivity contribution is 0.111. The molecule has 0 amide bonds. The van der Waals surface area contributed by atoms with Crippen molar-refractivity contribution in [2.45, 2.75) is 0 Å². The molecule has 0 bridgehead atoms. The molecule has 0 unspecified atom stereocenters. The molecule has 2 heterocycles. The lowest BCUT2D eigenvalue weighted by Crippen LogP contribution is -1.83. The molecule has 2 aromatic heterocycles. The average molecular weight is 366 g/mol. The Morgan fingerprint density at radius 3 is 1.43 bits per heavy atom. The summed E-state index contributed by atoms with van der Waals surface area (Å²) < 4.78 is 0. The Kier molecular flexibility index (Phi) is 3.62. The Bertz CT molecular complexity index is 1240. The van der Waals surface area contributed by atoms with E-state index in [-0.39, 0.29) is 0 Å². The van der Waals surface area contributed by atoms with Gasteiger partial charge in [-0.1, -0.05) is 24.3 Å². The van der Waals surface area contributed by atoms with Gasteiger partial charge < -0.3 is 9.97 Å². The molecule has 28 heavy (non-hydrogen) atoms. The lowest BCUT2D eigenvalue weighted by atomic mass is 10.1. The third-order valence-corrected chi connectivity index (χ3v) is 4.72. The van der Waals surface area contributed by atoms with E-state index in [1.54, 1.807) is 24.3 Å². The van der Waals surface area contributed by atoms with Gasteiger partial charge in [-0.05, 0) is 36.4 Å². The molecule has 0 atom stereocenters. The standard InChI is InChI=1S/C22H14N4O2/c27-11-13-1-7-17-19(9-13)25-21(23-17)15-3-5-16(6-4-15)22-24-18-8-2-14(12-28)10-20(18)26-22/h1-12H,(H,23,25)(H,24,26). The monoisotopic (exact) mass is 366 g/mol. The Morgan fingerprint density at radius 1 is 0.607 bits per heavy atom. The molecule has 5 rings (SSSR count). The van der Waals surface area contributed by atoms with Crippen LogP contribution in [0.3, 0.4) is 0 Å². The molecule has 0 fully saturated rings. The molecular formula is C22H14N4O2. The van der Waals surface area contributed by atoms with Gasteiger partial charge in [-0.2, -0.15) is 0 Å². The highest BCUT2D eigenvalue weighted by Gasteiger charge is 2.09. The van der Waals surface area contributed by atoms with E-state index >= 15 is 0 Å². The van der Waals surface area contributed by atoms with E-state index in [1.165, 1.54) is 0 Å². The topological polar surface area (TPSA) is 91.5 Å². The summed E-state index contributed by atoms with van der Waals surface area (Å²) in [6.07, 6.45) is 1.64. The molecule has 0 spiro atoms. The van der Waals surface area contributed by atoms with E-state index in [9.17, 15) is 9.59 Å². The van der Waals surface area contributed by atoms with Gasteiger partial charge in [-0.3, -0.25) is 9.59 Å². The highest BCUT2D eigenvalue weighted by Crippen LogP contribution is 2.25. The summed E-state index contributed by atoms with van der Waals surface area (Å²) in [5.41, 5.74) is 6.38. The predicted octanol–water partition coefficient (Wildman–Crippen LogP) is 4.40. The number of H-pyrrole nitrogens is 2. The number of imidazole rings is 2. The minimum absolute atomic E-state index is 0.612. The maximum Gasteiger partial charge on any atom is 0.150 e. The number of fused-ring (bicyclic) bond motifs is 2. The van der Waals surface area contributed by atoms with Crippen LogP contribution in [0.4, 0.5) is 0 Å². The van der Waals surface area contributed by atoms with E-state index in [0.29, 0.717) is 11.1 Å². The summed E-state index contributed by atoms with van der Waals surface area (Å²) in [6, 6.07) is 18.6. The molecule has 0 aliphatic rings. The molecule has 0 radical (unpaired) electrons. The normalized spacial score (nSPS) is 11.1. The highest BCUT2D eigenvalue weighted by molar-refractivity contribution is 5.88. The number of aromatic nitrogens is 4. The Balaban J connectivity index is 1.50. The molecule has 6 nitrogen and oxygen atoms in total. The van der Waals surface area contributed by atoms with Crippen molar-refractivity contribution < 1.29 is 9.59 Å². The van der Waals surface area contributed by atoms with Gasteiger partial charge in [0.15, 0.2) is 0 Å². The quantitative estimate of drug-likeness (QED) is 0.461. The number of aromatic amines is 2. The molecule has 0 saturated carbocycles. The van der Waals surface area contributed by atoms with Gasteiger partial charge in [0.2, 0.25) is 0 Å². The first kappa shape index (κ1) is 16.1. The van der Waals surface area contributed by atoms with Crippen LogP contribution in [0, 0.1) is 0 Å². The van der Waals surface area contributed by atoms with Crippen molar-refractivity contribution in [2.75, 3.05) is 0 Å². The first-order chi connectivity index (χ1) is 13.7. The Hall–Kier alpha value is -4.06. The third-order valence-electron chi connectivity index (χ3n) is 4.72. The van der Waals surface area contributed by atoms with Gasteiger partial charge in [0, 0.05) is 22.3 Å². The second kappa shape index (κ2) is 6.28. The van der Waals surface area contributed by atoms with E-state index in [2.05, 4.69) is 19.9 Å². The number of nitrogens with zero attached hydrogens (tertiary/aromatic N) is 2. The van der Waals surface area contributed by atoms with Crippen molar-refractivity contribution >= 4 is 34.6 Å². The van der Waals surface area contributed by atoms with Gasteiger partial charge in [-0.25, -0.2) is 9.97 Å². The van der Waals surface area contributed by atoms with Crippen molar-refractivity contribution in [2.24, 2.45) is 0 Å². The zero-order valence-corrected chi connectivity index (χ0v) is 14.6. The molecule has 5 aromatic rings. The van der Waals surface area contributed by atoms with Crippen LogP contribution in [0.5, 0.6) is 0 Å². The minimum Gasteiger partial charge on any atom is -0.338 e. The van der Waals surface area contributed by atoms with Crippen LogP contribution in [-0.4, -0.2) is 32.5 Å². The van der Waals surface area contributed by atoms with E-state index in [1.807, 2.05) is 36.4 Å². The smallest absolute Gasteiger partial charge is 0.150 e. The fraction of sp³-hybridized carbons (Fsp3) is 0. The molecule has 3 aromatic carbocycles. The number of benzene rings is 3. The lowest BCUT2D eigenvalue weighted by Gasteiger charge is -1.99. The van der Waals surface area contributed by atoms with Gasteiger partial charge in [-0.15, -0.1) is 0 Å². The largest absolute Gasteiger partial charge is 0.338 e. The molecule has 0 aliphatic heterocycles. The van der Waals surface area contributed by atoms with E-state index in [4.69, 9.17) is 0 Å². The van der Waals surface area contributed by atoms with Crippen LogP contribution in [0.1, 0.15) is 20.7 Å². The summed E-state index contributed by atoms with van der Waals surface area (Å²) in [5, 5.41) is 0. The summed E-state index contributed by atoms with van der Waals surface area (Å²) in [7, 11) is 0. The summed E-state index contributed by atoms with van der Waals surface area (Å²) in [5.74, 6) is 1.48. The van der Waals surface area contributed by atoms with Gasteiger partial charge in [0.1, 0.15) is 24.2 Å². The maximum absolute atomic E-state index is 10.9.